The summed E-state index contributed by atoms with van der Waals surface area (Å²) in [4.78, 5) is 0. The molecular weight excluding hydrogens is 247 g/mol. The molecule has 0 radical (unpaired) electrons. The molecule has 0 saturated carbocycles. The van der Waals surface area contributed by atoms with Gasteiger partial charge in [-0.2, -0.15) is 0 Å². The summed E-state index contributed by atoms with van der Waals surface area (Å²) in [6, 6.07) is 0. The summed E-state index contributed by atoms with van der Waals surface area (Å²) in [6.45, 7) is 10.7. The molecule has 0 unspecified atom stereocenters. The zero-order valence-electron chi connectivity index (χ0n) is 12.4. The van der Waals surface area contributed by atoms with E-state index in [1.54, 1.807) is 0 Å². The van der Waals surface area contributed by atoms with E-state index in [0.29, 0.717) is 19.4 Å². The first-order chi connectivity index (χ1) is 8.43. The summed E-state index contributed by atoms with van der Waals surface area (Å²) >= 11 is 0. The summed E-state index contributed by atoms with van der Waals surface area (Å²) in [6.07, 6.45) is 6.57. The van der Waals surface area contributed by atoms with E-state index in [1.807, 2.05) is 19.9 Å². The Morgan fingerprint density at radius 1 is 1.06 bits per heavy atom. The number of allylic oxidation sites excluding steroid dienone is 4. The van der Waals surface area contributed by atoms with Crippen molar-refractivity contribution >= 4 is 7.60 Å². The lowest BCUT2D eigenvalue weighted by atomic mass is 10.1. The number of hydrogen-bond acceptors (Lipinski definition) is 3. The van der Waals surface area contributed by atoms with E-state index in [1.165, 1.54) is 11.1 Å². The van der Waals surface area contributed by atoms with Crippen molar-refractivity contribution in [3.05, 3.63) is 23.3 Å². The molecule has 0 aliphatic rings. The van der Waals surface area contributed by atoms with Crippen LogP contribution in [0.2, 0.25) is 0 Å². The molecule has 0 aromatic carbocycles. The van der Waals surface area contributed by atoms with E-state index in [-0.39, 0.29) is 0 Å². The Balaban J connectivity index is 4.30. The molecule has 0 aliphatic carbocycles. The molecule has 4 heteroatoms. The lowest BCUT2D eigenvalue weighted by Gasteiger charge is -2.15. The highest BCUT2D eigenvalue weighted by Gasteiger charge is 2.21. The van der Waals surface area contributed by atoms with Crippen molar-refractivity contribution in [2.24, 2.45) is 0 Å². The van der Waals surface area contributed by atoms with Crippen LogP contribution in [0.25, 0.3) is 0 Å². The Hall–Kier alpha value is -0.370. The maximum absolute atomic E-state index is 12.2. The second-order valence-electron chi connectivity index (χ2n) is 4.50. The second kappa shape index (κ2) is 9.55. The van der Waals surface area contributed by atoms with Gasteiger partial charge in [-0.1, -0.05) is 23.3 Å². The Bertz CT molecular complexity index is 318. The van der Waals surface area contributed by atoms with E-state index in [0.717, 1.165) is 12.8 Å². The molecule has 3 nitrogen and oxygen atoms in total. The number of rotatable bonds is 9. The molecule has 0 bridgehead atoms. The van der Waals surface area contributed by atoms with Crippen molar-refractivity contribution in [1.82, 2.24) is 0 Å². The average molecular weight is 274 g/mol. The molecule has 106 valence electrons. The normalized spacial score (nSPS) is 12.6. The van der Waals surface area contributed by atoms with Gasteiger partial charge in [-0.15, -0.1) is 0 Å². The van der Waals surface area contributed by atoms with E-state index >= 15 is 0 Å². The van der Waals surface area contributed by atoms with Gasteiger partial charge in [-0.05, 0) is 47.5 Å². The molecule has 0 heterocycles. The smallest absolute Gasteiger partial charge is 0.309 e. The fourth-order valence-corrected chi connectivity index (χ4v) is 3.10. The maximum atomic E-state index is 12.2. The predicted molar refractivity (Wildman–Crippen MR) is 78.1 cm³/mol. The Morgan fingerprint density at radius 2 is 1.61 bits per heavy atom. The van der Waals surface area contributed by atoms with Gasteiger partial charge in [-0.25, -0.2) is 0 Å². The summed E-state index contributed by atoms with van der Waals surface area (Å²) in [5, 5.41) is 0. The summed E-state index contributed by atoms with van der Waals surface area (Å²) < 4.78 is 22.7. The van der Waals surface area contributed by atoms with Gasteiger partial charge in [0, 0.05) is 0 Å². The van der Waals surface area contributed by atoms with Gasteiger partial charge in [0.25, 0.3) is 0 Å². The van der Waals surface area contributed by atoms with Crippen molar-refractivity contribution in [1.29, 1.82) is 0 Å². The predicted octanol–water partition coefficient (Wildman–Crippen LogP) is 4.95. The summed E-state index contributed by atoms with van der Waals surface area (Å²) in [5.41, 5.74) is 2.56. The van der Waals surface area contributed by atoms with Gasteiger partial charge < -0.3 is 9.05 Å². The fourth-order valence-electron chi connectivity index (χ4n) is 1.49. The quantitative estimate of drug-likeness (QED) is 0.441. The van der Waals surface area contributed by atoms with Crippen LogP contribution < -0.4 is 0 Å². The van der Waals surface area contributed by atoms with Gasteiger partial charge in [0.2, 0.25) is 0 Å². The van der Waals surface area contributed by atoms with Crippen LogP contribution in [0, 0.1) is 0 Å². The van der Waals surface area contributed by atoms with Gasteiger partial charge in [0.1, 0.15) is 0 Å². The van der Waals surface area contributed by atoms with E-state index < -0.39 is 7.60 Å². The first-order valence-corrected chi connectivity index (χ1v) is 8.33. The SMILES string of the molecule is CCOP(=O)(CC=C(C)CCC=C(C)C)OCC. The minimum absolute atomic E-state index is 0.370. The van der Waals surface area contributed by atoms with Crippen LogP contribution in [0.15, 0.2) is 23.3 Å². The Kier molecular flexibility index (Phi) is 9.35. The zero-order chi connectivity index (χ0) is 14.0. The molecule has 0 N–H and O–H groups in total. The lowest BCUT2D eigenvalue weighted by Crippen LogP contribution is -1.99. The van der Waals surface area contributed by atoms with E-state index in [9.17, 15) is 4.57 Å². The molecule has 0 saturated heterocycles. The molecule has 0 rings (SSSR count). The molecule has 18 heavy (non-hydrogen) atoms. The fraction of sp³-hybridized carbons (Fsp3) is 0.714. The minimum Gasteiger partial charge on any atom is -0.309 e. The highest BCUT2D eigenvalue weighted by molar-refractivity contribution is 7.54. The monoisotopic (exact) mass is 274 g/mol. The van der Waals surface area contributed by atoms with E-state index in [2.05, 4.69) is 26.8 Å². The van der Waals surface area contributed by atoms with Crippen molar-refractivity contribution in [3.63, 3.8) is 0 Å². The third-order valence-corrected chi connectivity index (χ3v) is 4.34. The van der Waals surface area contributed by atoms with E-state index in [4.69, 9.17) is 9.05 Å². The van der Waals surface area contributed by atoms with Crippen LogP contribution in [0.1, 0.15) is 47.5 Å². The lowest BCUT2D eigenvalue weighted by molar-refractivity contribution is 0.222. The molecule has 0 atom stereocenters. The summed E-state index contributed by atoms with van der Waals surface area (Å²) in [5.74, 6) is 0. The van der Waals surface area contributed by atoms with Crippen LogP contribution in [-0.4, -0.2) is 19.4 Å². The average Bonchev–Trinajstić information content (AvgIpc) is 2.27. The van der Waals surface area contributed by atoms with Crippen LogP contribution >= 0.6 is 7.60 Å². The van der Waals surface area contributed by atoms with Gasteiger partial charge >= 0.3 is 7.60 Å². The standard InChI is InChI=1S/C14H27O3P/c1-6-16-18(15,17-7-2)12-11-14(5)10-8-9-13(3)4/h9,11H,6-8,10,12H2,1-5H3. The molecular formula is C14H27O3P. The van der Waals surface area contributed by atoms with Crippen LogP contribution in [0.4, 0.5) is 0 Å². The molecule has 0 amide bonds. The Morgan fingerprint density at radius 3 is 2.06 bits per heavy atom. The first kappa shape index (κ1) is 17.6. The molecule has 0 aliphatic heterocycles. The van der Waals surface area contributed by atoms with Crippen molar-refractivity contribution in [3.8, 4) is 0 Å². The third-order valence-electron chi connectivity index (χ3n) is 2.41. The van der Waals surface area contributed by atoms with Crippen LogP contribution in [0.3, 0.4) is 0 Å². The van der Waals surface area contributed by atoms with Gasteiger partial charge in [0.15, 0.2) is 0 Å². The largest absolute Gasteiger partial charge is 0.334 e. The second-order valence-corrected chi connectivity index (χ2v) is 6.60. The van der Waals surface area contributed by atoms with Crippen LogP contribution in [0.5, 0.6) is 0 Å². The molecule has 0 fully saturated rings. The minimum atomic E-state index is -2.92. The van der Waals surface area contributed by atoms with Crippen molar-refractivity contribution < 1.29 is 13.6 Å². The van der Waals surface area contributed by atoms with Crippen molar-refractivity contribution in [2.45, 2.75) is 47.5 Å². The maximum Gasteiger partial charge on any atom is 0.334 e. The Labute approximate surface area is 112 Å². The highest BCUT2D eigenvalue weighted by Crippen LogP contribution is 2.48. The van der Waals surface area contributed by atoms with Gasteiger partial charge in [0.05, 0.1) is 19.4 Å². The van der Waals surface area contributed by atoms with Crippen molar-refractivity contribution in [2.75, 3.05) is 19.4 Å². The van der Waals surface area contributed by atoms with Crippen LogP contribution in [-0.2, 0) is 13.6 Å². The van der Waals surface area contributed by atoms with Gasteiger partial charge in [-0.3, -0.25) is 4.57 Å². The number of hydrogen-bond donors (Lipinski definition) is 0. The topological polar surface area (TPSA) is 35.5 Å². The molecule has 0 aromatic heterocycles. The molecule has 0 spiro atoms. The zero-order valence-corrected chi connectivity index (χ0v) is 13.3. The highest BCUT2D eigenvalue weighted by atomic mass is 31.2. The third kappa shape index (κ3) is 8.68. The first-order valence-electron chi connectivity index (χ1n) is 6.60. The molecule has 0 aromatic rings. The summed E-state index contributed by atoms with van der Waals surface area (Å²) in [7, 11) is -2.92.